The van der Waals surface area contributed by atoms with Crippen molar-refractivity contribution in [2.75, 3.05) is 23.7 Å². The SMILES string of the molecule is CC1=CC2Cc3nc4cc(Cl)ccc4c(NCCCCCCCCNc4c5c(nc6cc(Cl)ccc46)CCCC5)c3C(C1)C2.Cl.Cl. The molecule has 2 bridgehead atoms. The Kier molecular flexibility index (Phi) is 12.0. The molecule has 7 rings (SSSR count). The van der Waals surface area contributed by atoms with Crippen LogP contribution in [0.25, 0.3) is 21.8 Å². The zero-order valence-electron chi connectivity index (χ0n) is 26.8. The fourth-order valence-corrected chi connectivity index (χ4v) is 8.39. The van der Waals surface area contributed by atoms with Crippen molar-refractivity contribution >= 4 is 81.2 Å². The second kappa shape index (κ2) is 15.8. The Morgan fingerprint density at radius 2 is 1.30 bits per heavy atom. The van der Waals surface area contributed by atoms with Gasteiger partial charge in [-0.2, -0.15) is 0 Å². The maximum atomic E-state index is 6.38. The van der Waals surface area contributed by atoms with Crippen molar-refractivity contribution in [2.45, 2.75) is 96.3 Å². The second-order valence-corrected chi connectivity index (χ2v) is 14.3. The molecule has 0 amide bonds. The van der Waals surface area contributed by atoms with E-state index in [-0.39, 0.29) is 24.8 Å². The molecule has 46 heavy (non-hydrogen) atoms. The number of fused-ring (bicyclic) bond motifs is 7. The highest BCUT2D eigenvalue weighted by atomic mass is 35.5. The lowest BCUT2D eigenvalue weighted by molar-refractivity contribution is 0.433. The Bertz CT molecular complexity index is 1720. The molecule has 2 aromatic heterocycles. The number of nitrogens with one attached hydrogen (secondary N) is 2. The molecule has 3 aliphatic carbocycles. The molecule has 2 N–H and O–H groups in total. The Morgan fingerprint density at radius 1 is 0.717 bits per heavy atom. The monoisotopic (exact) mass is 698 g/mol. The number of aromatic nitrogens is 2. The van der Waals surface area contributed by atoms with E-state index in [4.69, 9.17) is 33.2 Å². The van der Waals surface area contributed by atoms with Gasteiger partial charge in [0.05, 0.1) is 11.0 Å². The van der Waals surface area contributed by atoms with Gasteiger partial charge in [0, 0.05) is 62.2 Å². The molecule has 0 spiro atoms. The second-order valence-electron chi connectivity index (χ2n) is 13.4. The average Bonchev–Trinajstić information content (AvgIpc) is 3.00. The molecule has 4 nitrogen and oxygen atoms in total. The van der Waals surface area contributed by atoms with Gasteiger partial charge in [-0.3, -0.25) is 9.97 Å². The van der Waals surface area contributed by atoms with Gasteiger partial charge in [0.1, 0.15) is 0 Å². The molecule has 0 saturated heterocycles. The first-order valence-corrected chi connectivity index (χ1v) is 17.7. The number of hydrogen-bond acceptors (Lipinski definition) is 4. The lowest BCUT2D eigenvalue weighted by atomic mass is 9.71. The number of unbranched alkanes of at least 4 members (excludes halogenated alkanes) is 5. The summed E-state index contributed by atoms with van der Waals surface area (Å²) in [6.07, 6.45) is 18.1. The van der Waals surface area contributed by atoms with E-state index in [1.54, 1.807) is 0 Å². The number of hydrogen-bond donors (Lipinski definition) is 2. The Morgan fingerprint density at radius 3 is 2.00 bits per heavy atom. The summed E-state index contributed by atoms with van der Waals surface area (Å²) in [6.45, 7) is 4.31. The van der Waals surface area contributed by atoms with Crippen molar-refractivity contribution < 1.29 is 0 Å². The molecular weight excluding hydrogens is 654 g/mol. The van der Waals surface area contributed by atoms with Gasteiger partial charge in [0.2, 0.25) is 0 Å². The summed E-state index contributed by atoms with van der Waals surface area (Å²) in [7, 11) is 0. The van der Waals surface area contributed by atoms with Gasteiger partial charge in [-0.1, -0.05) is 60.5 Å². The van der Waals surface area contributed by atoms with Gasteiger partial charge in [-0.15, -0.1) is 24.8 Å². The third kappa shape index (κ3) is 7.57. The van der Waals surface area contributed by atoms with E-state index in [0.29, 0.717) is 11.8 Å². The molecule has 2 aromatic carbocycles. The molecule has 2 unspecified atom stereocenters. The summed E-state index contributed by atoms with van der Waals surface area (Å²) in [5, 5.41) is 11.7. The number of rotatable bonds is 11. The molecule has 4 aromatic rings. The standard InChI is InChI=1S/C38H44Cl2N4.2ClH/c1-24-18-25-20-26(19-24)36-35(21-25)44-34-23-28(40)13-15-31(34)38(36)42-17-9-5-3-2-4-8-16-41-37-29-10-6-7-11-32(29)43-33-22-27(39)12-14-30(33)37;;/h12-15,18,22-23,25-26H,2-11,16-17,19-21H2,1H3,(H,41,43)(H,42,44);2*1H. The van der Waals surface area contributed by atoms with E-state index >= 15 is 0 Å². The third-order valence-electron chi connectivity index (χ3n) is 10.0. The minimum Gasteiger partial charge on any atom is -0.384 e. The van der Waals surface area contributed by atoms with Crippen molar-refractivity contribution in [1.82, 2.24) is 9.97 Å². The van der Waals surface area contributed by atoms with Crippen LogP contribution in [0.4, 0.5) is 11.4 Å². The molecule has 2 heterocycles. The predicted octanol–water partition coefficient (Wildman–Crippen LogP) is 11.7. The van der Waals surface area contributed by atoms with Crippen molar-refractivity contribution in [3.05, 3.63) is 80.6 Å². The predicted molar refractivity (Wildman–Crippen MR) is 202 cm³/mol. The summed E-state index contributed by atoms with van der Waals surface area (Å²) in [5.41, 5.74) is 11.7. The van der Waals surface area contributed by atoms with Crippen molar-refractivity contribution in [3.8, 4) is 0 Å². The molecule has 0 radical (unpaired) electrons. The maximum absolute atomic E-state index is 6.38. The van der Waals surface area contributed by atoms with Crippen molar-refractivity contribution in [2.24, 2.45) is 5.92 Å². The fourth-order valence-electron chi connectivity index (χ4n) is 8.06. The first kappa shape index (κ1) is 35.1. The van der Waals surface area contributed by atoms with Crippen LogP contribution in [0.1, 0.15) is 99.6 Å². The number of nitrogens with zero attached hydrogens (tertiary/aromatic N) is 2. The number of pyridine rings is 2. The van der Waals surface area contributed by atoms with Crippen LogP contribution in [0, 0.1) is 5.92 Å². The van der Waals surface area contributed by atoms with Gasteiger partial charge in [0.25, 0.3) is 0 Å². The highest BCUT2D eigenvalue weighted by Crippen LogP contribution is 2.47. The van der Waals surface area contributed by atoms with E-state index < -0.39 is 0 Å². The van der Waals surface area contributed by atoms with Gasteiger partial charge < -0.3 is 10.6 Å². The third-order valence-corrected chi connectivity index (χ3v) is 10.5. The van der Waals surface area contributed by atoms with Crippen molar-refractivity contribution in [3.63, 3.8) is 0 Å². The smallest absolute Gasteiger partial charge is 0.0741 e. The maximum Gasteiger partial charge on any atom is 0.0741 e. The molecule has 0 fully saturated rings. The molecule has 0 saturated carbocycles. The van der Waals surface area contributed by atoms with E-state index in [0.717, 1.165) is 59.9 Å². The van der Waals surface area contributed by atoms with E-state index in [1.165, 1.54) is 108 Å². The lowest BCUT2D eigenvalue weighted by Gasteiger charge is -2.36. The van der Waals surface area contributed by atoms with Gasteiger partial charge >= 0.3 is 0 Å². The number of halogens is 4. The molecular formula is C38H46Cl4N4. The molecule has 2 atom stereocenters. The molecule has 246 valence electrons. The zero-order valence-corrected chi connectivity index (χ0v) is 29.9. The normalized spacial score (nSPS) is 18.2. The van der Waals surface area contributed by atoms with Crippen LogP contribution in [0.5, 0.6) is 0 Å². The fraction of sp³-hybridized carbons (Fsp3) is 0.474. The number of benzene rings is 2. The minimum atomic E-state index is 0. The number of aryl methyl sites for hydroxylation is 1. The Balaban J connectivity index is 0.00000208. The molecule has 0 aliphatic heterocycles. The van der Waals surface area contributed by atoms with E-state index in [1.807, 2.05) is 24.3 Å². The van der Waals surface area contributed by atoms with E-state index in [9.17, 15) is 0 Å². The van der Waals surface area contributed by atoms with Crippen molar-refractivity contribution in [1.29, 1.82) is 0 Å². The van der Waals surface area contributed by atoms with E-state index in [2.05, 4.69) is 35.8 Å². The topological polar surface area (TPSA) is 49.8 Å². The zero-order chi connectivity index (χ0) is 30.0. The van der Waals surface area contributed by atoms with Gasteiger partial charge in [-0.25, -0.2) is 0 Å². The van der Waals surface area contributed by atoms with Gasteiger partial charge in [-0.05, 0) is 119 Å². The summed E-state index contributed by atoms with van der Waals surface area (Å²) in [6, 6.07) is 12.3. The Labute approximate surface area is 296 Å². The van der Waals surface area contributed by atoms with Gasteiger partial charge in [0.15, 0.2) is 0 Å². The van der Waals surface area contributed by atoms with Crippen LogP contribution in [0.2, 0.25) is 10.0 Å². The summed E-state index contributed by atoms with van der Waals surface area (Å²) in [4.78, 5) is 10.1. The Hall–Kier alpha value is -2.24. The van der Waals surface area contributed by atoms with Crippen LogP contribution < -0.4 is 10.6 Å². The number of allylic oxidation sites excluding steroid dienone is 2. The highest BCUT2D eigenvalue weighted by Gasteiger charge is 2.33. The summed E-state index contributed by atoms with van der Waals surface area (Å²) in [5.74, 6) is 1.20. The van der Waals surface area contributed by atoms with Crippen LogP contribution >= 0.6 is 48.0 Å². The van der Waals surface area contributed by atoms with Crippen LogP contribution in [-0.4, -0.2) is 23.1 Å². The minimum absolute atomic E-state index is 0. The van der Waals surface area contributed by atoms with Crippen LogP contribution in [0.3, 0.4) is 0 Å². The summed E-state index contributed by atoms with van der Waals surface area (Å²) >= 11 is 12.7. The average molecular weight is 701 g/mol. The number of anilines is 2. The molecule has 3 aliphatic rings. The first-order chi connectivity index (χ1) is 21.5. The highest BCUT2D eigenvalue weighted by molar-refractivity contribution is 6.31. The first-order valence-electron chi connectivity index (χ1n) is 16.9. The van der Waals surface area contributed by atoms with Crippen LogP contribution in [0.15, 0.2) is 48.0 Å². The largest absolute Gasteiger partial charge is 0.384 e. The molecule has 8 heteroatoms. The van der Waals surface area contributed by atoms with Crippen LogP contribution in [-0.2, 0) is 19.3 Å². The summed E-state index contributed by atoms with van der Waals surface area (Å²) < 4.78 is 0. The quantitative estimate of drug-likeness (QED) is 0.121. The lowest BCUT2D eigenvalue weighted by Crippen LogP contribution is -2.24.